The molecule has 1 fully saturated rings. The molecule has 0 bridgehead atoms. The van der Waals surface area contributed by atoms with Gasteiger partial charge in [-0.05, 0) is 31.2 Å². The summed E-state index contributed by atoms with van der Waals surface area (Å²) >= 11 is 0. The van der Waals surface area contributed by atoms with Crippen molar-refractivity contribution in [1.29, 1.82) is 0 Å². The van der Waals surface area contributed by atoms with E-state index in [1.807, 2.05) is 6.07 Å². The van der Waals surface area contributed by atoms with E-state index in [-0.39, 0.29) is 11.2 Å². The second-order valence-corrected chi connectivity index (χ2v) is 7.79. The number of halogens is 1. The van der Waals surface area contributed by atoms with E-state index < -0.39 is 0 Å². The van der Waals surface area contributed by atoms with Crippen molar-refractivity contribution in [2.24, 2.45) is 4.99 Å². The van der Waals surface area contributed by atoms with Crippen LogP contribution in [-0.4, -0.2) is 74.7 Å². The number of rotatable bonds is 8. The molecule has 1 aliphatic heterocycles. The van der Waals surface area contributed by atoms with Crippen LogP contribution in [0.1, 0.15) is 33.3 Å². The first-order chi connectivity index (χ1) is 12.9. The normalized spacial score (nSPS) is 17.1. The molecule has 2 rings (SSSR count). The van der Waals surface area contributed by atoms with Crippen molar-refractivity contribution in [2.75, 3.05) is 58.9 Å². The van der Waals surface area contributed by atoms with Crippen LogP contribution < -0.4 is 10.6 Å². The van der Waals surface area contributed by atoms with Gasteiger partial charge in [-0.15, -0.1) is 0 Å². The predicted molar refractivity (Wildman–Crippen MR) is 112 cm³/mol. The SMILES string of the molecule is CCNC(=NCC(C)(C)c1cccc(F)c1)NCCN1CCN(CC)CC1. The summed E-state index contributed by atoms with van der Waals surface area (Å²) in [7, 11) is 0. The Morgan fingerprint density at radius 2 is 1.81 bits per heavy atom. The first-order valence-electron chi connectivity index (χ1n) is 10.2. The number of guanidine groups is 1. The van der Waals surface area contributed by atoms with Crippen LogP contribution in [0.15, 0.2) is 29.3 Å². The van der Waals surface area contributed by atoms with E-state index in [0.717, 1.165) is 63.9 Å². The molecule has 0 aliphatic carbocycles. The van der Waals surface area contributed by atoms with Crippen LogP contribution in [0.25, 0.3) is 0 Å². The molecule has 0 amide bonds. The Balaban J connectivity index is 1.84. The highest BCUT2D eigenvalue weighted by molar-refractivity contribution is 5.79. The molecule has 5 nitrogen and oxygen atoms in total. The minimum absolute atomic E-state index is 0.197. The second kappa shape index (κ2) is 10.6. The molecule has 0 aromatic heterocycles. The number of hydrogen-bond donors (Lipinski definition) is 2. The van der Waals surface area contributed by atoms with Crippen molar-refractivity contribution >= 4 is 5.96 Å². The third-order valence-corrected chi connectivity index (χ3v) is 5.22. The zero-order chi connectivity index (χ0) is 19.7. The fourth-order valence-corrected chi connectivity index (χ4v) is 3.28. The van der Waals surface area contributed by atoms with Gasteiger partial charge >= 0.3 is 0 Å². The summed E-state index contributed by atoms with van der Waals surface area (Å²) in [5.74, 6) is 0.631. The lowest BCUT2D eigenvalue weighted by Crippen LogP contribution is -2.49. The van der Waals surface area contributed by atoms with E-state index >= 15 is 0 Å². The van der Waals surface area contributed by atoms with Crippen molar-refractivity contribution < 1.29 is 4.39 Å². The van der Waals surface area contributed by atoms with Crippen molar-refractivity contribution in [1.82, 2.24) is 20.4 Å². The summed E-state index contributed by atoms with van der Waals surface area (Å²) in [4.78, 5) is 9.73. The lowest BCUT2D eigenvalue weighted by Gasteiger charge is -2.34. The zero-order valence-electron chi connectivity index (χ0n) is 17.4. The first-order valence-corrected chi connectivity index (χ1v) is 10.2. The van der Waals surface area contributed by atoms with Crippen LogP contribution in [0.5, 0.6) is 0 Å². The predicted octanol–water partition coefficient (Wildman–Crippen LogP) is 2.30. The Morgan fingerprint density at radius 3 is 2.44 bits per heavy atom. The molecule has 0 spiro atoms. The minimum Gasteiger partial charge on any atom is -0.357 e. The number of nitrogens with one attached hydrogen (secondary N) is 2. The van der Waals surface area contributed by atoms with Gasteiger partial charge in [-0.1, -0.05) is 32.9 Å². The standard InChI is InChI=1S/C21H36FN5/c1-5-23-20(24-10-11-27-14-12-26(6-2)13-15-27)25-17-21(3,4)18-8-7-9-19(22)16-18/h7-9,16H,5-6,10-15,17H2,1-4H3,(H2,23,24,25). The number of benzene rings is 1. The molecule has 1 aliphatic rings. The maximum absolute atomic E-state index is 13.5. The van der Waals surface area contributed by atoms with Gasteiger partial charge in [-0.2, -0.15) is 0 Å². The largest absolute Gasteiger partial charge is 0.357 e. The molecule has 0 atom stereocenters. The van der Waals surface area contributed by atoms with Crippen LogP contribution in [-0.2, 0) is 5.41 Å². The summed E-state index contributed by atoms with van der Waals surface area (Å²) < 4.78 is 13.5. The third-order valence-electron chi connectivity index (χ3n) is 5.22. The van der Waals surface area contributed by atoms with Crippen LogP contribution in [0, 0.1) is 5.82 Å². The van der Waals surface area contributed by atoms with Crippen molar-refractivity contribution in [3.63, 3.8) is 0 Å². The van der Waals surface area contributed by atoms with E-state index in [2.05, 4.69) is 48.1 Å². The van der Waals surface area contributed by atoms with Gasteiger partial charge in [0, 0.05) is 51.2 Å². The van der Waals surface area contributed by atoms with Crippen molar-refractivity contribution in [2.45, 2.75) is 33.1 Å². The van der Waals surface area contributed by atoms with Crippen molar-refractivity contribution in [3.8, 4) is 0 Å². The lowest BCUT2D eigenvalue weighted by atomic mass is 9.85. The second-order valence-electron chi connectivity index (χ2n) is 7.79. The van der Waals surface area contributed by atoms with Gasteiger partial charge in [0.15, 0.2) is 5.96 Å². The van der Waals surface area contributed by atoms with Gasteiger partial charge < -0.3 is 15.5 Å². The van der Waals surface area contributed by atoms with Crippen molar-refractivity contribution in [3.05, 3.63) is 35.6 Å². The Hall–Kier alpha value is -1.66. The average molecular weight is 378 g/mol. The van der Waals surface area contributed by atoms with Crippen LogP contribution in [0.3, 0.4) is 0 Å². The van der Waals surface area contributed by atoms with E-state index in [4.69, 9.17) is 4.99 Å². The highest BCUT2D eigenvalue weighted by atomic mass is 19.1. The van der Waals surface area contributed by atoms with E-state index in [0.29, 0.717) is 6.54 Å². The van der Waals surface area contributed by atoms with Gasteiger partial charge in [0.2, 0.25) is 0 Å². The molecule has 1 saturated heterocycles. The smallest absolute Gasteiger partial charge is 0.191 e. The van der Waals surface area contributed by atoms with Crippen LogP contribution >= 0.6 is 0 Å². The Bertz CT molecular complexity index is 594. The maximum atomic E-state index is 13.5. The van der Waals surface area contributed by atoms with Gasteiger partial charge in [0.05, 0.1) is 6.54 Å². The third kappa shape index (κ3) is 7.11. The van der Waals surface area contributed by atoms with Gasteiger partial charge in [0.25, 0.3) is 0 Å². The Labute approximate surface area is 164 Å². The molecule has 1 heterocycles. The number of hydrogen-bond acceptors (Lipinski definition) is 3. The van der Waals surface area contributed by atoms with E-state index in [1.54, 1.807) is 12.1 Å². The summed E-state index contributed by atoms with van der Waals surface area (Å²) in [6.45, 7) is 17.5. The minimum atomic E-state index is -0.221. The van der Waals surface area contributed by atoms with Crippen LogP contribution in [0.4, 0.5) is 4.39 Å². The quantitative estimate of drug-likeness (QED) is 0.539. The summed E-state index contributed by atoms with van der Waals surface area (Å²) in [5, 5.41) is 6.75. The zero-order valence-corrected chi connectivity index (χ0v) is 17.4. The van der Waals surface area contributed by atoms with Crippen LogP contribution in [0.2, 0.25) is 0 Å². The van der Waals surface area contributed by atoms with Gasteiger partial charge in [-0.25, -0.2) is 4.39 Å². The topological polar surface area (TPSA) is 42.9 Å². The highest BCUT2D eigenvalue weighted by Crippen LogP contribution is 2.24. The molecule has 1 aromatic carbocycles. The molecular weight excluding hydrogens is 341 g/mol. The lowest BCUT2D eigenvalue weighted by molar-refractivity contribution is 0.139. The average Bonchev–Trinajstić information content (AvgIpc) is 2.66. The molecule has 1 aromatic rings. The molecular formula is C21H36FN5. The molecule has 0 unspecified atom stereocenters. The molecule has 0 radical (unpaired) electrons. The number of nitrogens with zero attached hydrogens (tertiary/aromatic N) is 3. The molecule has 27 heavy (non-hydrogen) atoms. The monoisotopic (exact) mass is 377 g/mol. The maximum Gasteiger partial charge on any atom is 0.191 e. The van der Waals surface area contributed by atoms with Gasteiger partial charge in [0.1, 0.15) is 5.82 Å². The summed E-state index contributed by atoms with van der Waals surface area (Å²) in [6.07, 6.45) is 0. The fourth-order valence-electron chi connectivity index (χ4n) is 3.28. The molecule has 0 saturated carbocycles. The molecule has 6 heteroatoms. The molecule has 2 N–H and O–H groups in total. The van der Waals surface area contributed by atoms with Gasteiger partial charge in [-0.3, -0.25) is 9.89 Å². The summed E-state index contributed by atoms with van der Waals surface area (Å²) in [6, 6.07) is 6.81. The van der Waals surface area contributed by atoms with E-state index in [9.17, 15) is 4.39 Å². The van der Waals surface area contributed by atoms with E-state index in [1.165, 1.54) is 6.07 Å². The number of likely N-dealkylation sites (N-methyl/N-ethyl adjacent to an activating group) is 1. The first kappa shape index (κ1) is 21.6. The fraction of sp³-hybridized carbons (Fsp3) is 0.667. The number of aliphatic imine (C=N–C) groups is 1. The Morgan fingerprint density at radius 1 is 1.11 bits per heavy atom. The highest BCUT2D eigenvalue weighted by Gasteiger charge is 2.21. The summed E-state index contributed by atoms with van der Waals surface area (Å²) in [5.41, 5.74) is 0.747. The number of piperazine rings is 1. The molecule has 152 valence electrons. The Kier molecular flexibility index (Phi) is 8.51.